The van der Waals surface area contributed by atoms with Crippen molar-refractivity contribution in [3.05, 3.63) is 65.2 Å². The molecule has 3 rings (SSSR count). The van der Waals surface area contributed by atoms with Gasteiger partial charge in [0.05, 0.1) is 13.2 Å². The highest BCUT2D eigenvalue weighted by atomic mass is 16.5. The van der Waals surface area contributed by atoms with E-state index in [0.717, 1.165) is 25.2 Å². The molecule has 0 unspecified atom stereocenters. The summed E-state index contributed by atoms with van der Waals surface area (Å²) in [6.45, 7) is 3.10. The predicted octanol–water partition coefficient (Wildman–Crippen LogP) is 2.21. The number of nitrogens with two attached hydrogens (primary N) is 1. The van der Waals surface area contributed by atoms with Gasteiger partial charge in [0.2, 0.25) is 5.91 Å². The second-order valence-electron chi connectivity index (χ2n) is 5.47. The quantitative estimate of drug-likeness (QED) is 0.941. The third-order valence-electron chi connectivity index (χ3n) is 3.96. The molecule has 2 aromatic carbocycles. The van der Waals surface area contributed by atoms with Gasteiger partial charge in [-0.15, -0.1) is 0 Å². The van der Waals surface area contributed by atoms with Gasteiger partial charge in [-0.1, -0.05) is 36.4 Å². The Hall–Kier alpha value is -2.33. The zero-order valence-corrected chi connectivity index (χ0v) is 12.5. The number of ether oxygens (including phenoxy) is 1. The van der Waals surface area contributed by atoms with Gasteiger partial charge in [-0.25, -0.2) is 0 Å². The number of rotatable bonds is 4. The summed E-state index contributed by atoms with van der Waals surface area (Å²) in [6.07, 6.45) is 0.840. The molecule has 0 spiro atoms. The minimum atomic E-state index is -0.388. The Balaban J connectivity index is 1.95. The van der Waals surface area contributed by atoms with Crippen LogP contribution in [0.3, 0.4) is 0 Å². The summed E-state index contributed by atoms with van der Waals surface area (Å²) in [4.78, 5) is 13.8. The first kappa shape index (κ1) is 14.6. The van der Waals surface area contributed by atoms with Crippen LogP contribution < -0.4 is 10.6 Å². The number of primary amides is 1. The highest BCUT2D eigenvalue weighted by Gasteiger charge is 2.16. The average Bonchev–Trinajstić information content (AvgIpc) is 2.57. The largest absolute Gasteiger partial charge is 0.378 e. The zero-order valence-electron chi connectivity index (χ0n) is 12.5. The normalized spacial score (nSPS) is 14.8. The molecule has 4 heteroatoms. The monoisotopic (exact) mass is 296 g/mol. The molecule has 0 atom stereocenters. The molecule has 0 aliphatic carbocycles. The van der Waals surface area contributed by atoms with Crippen LogP contribution >= 0.6 is 0 Å². The van der Waals surface area contributed by atoms with Gasteiger partial charge in [-0.05, 0) is 29.7 Å². The van der Waals surface area contributed by atoms with Crippen LogP contribution in [0.15, 0.2) is 48.5 Å². The van der Waals surface area contributed by atoms with Crippen molar-refractivity contribution in [2.45, 2.75) is 6.42 Å². The second-order valence-corrected chi connectivity index (χ2v) is 5.47. The van der Waals surface area contributed by atoms with E-state index in [2.05, 4.69) is 17.0 Å². The first-order valence-electron chi connectivity index (χ1n) is 7.53. The van der Waals surface area contributed by atoms with Crippen LogP contribution in [0.2, 0.25) is 0 Å². The highest BCUT2D eigenvalue weighted by Crippen LogP contribution is 2.26. The van der Waals surface area contributed by atoms with E-state index >= 15 is 0 Å². The smallest absolute Gasteiger partial charge is 0.248 e. The van der Waals surface area contributed by atoms with E-state index in [-0.39, 0.29) is 5.91 Å². The van der Waals surface area contributed by atoms with Crippen LogP contribution in [0.5, 0.6) is 0 Å². The number of amides is 1. The first-order valence-corrected chi connectivity index (χ1v) is 7.53. The fraction of sp³-hybridized carbons (Fsp3) is 0.278. The van der Waals surface area contributed by atoms with E-state index in [1.165, 1.54) is 11.1 Å². The molecule has 1 amide bonds. The number of hydrogen-bond donors (Lipinski definition) is 1. The van der Waals surface area contributed by atoms with Crippen LogP contribution in [-0.4, -0.2) is 32.2 Å². The van der Waals surface area contributed by atoms with Crippen LogP contribution in [-0.2, 0) is 11.2 Å². The van der Waals surface area contributed by atoms with Crippen LogP contribution in [0.25, 0.3) is 0 Å². The maximum atomic E-state index is 11.5. The zero-order chi connectivity index (χ0) is 15.4. The van der Waals surface area contributed by atoms with E-state index < -0.39 is 0 Å². The SMILES string of the molecule is NC(=O)c1ccc(Cc2ccccc2)c(N2CCOCC2)c1. The molecular formula is C18H20N2O2. The molecule has 0 aromatic heterocycles. The van der Waals surface area contributed by atoms with Crippen molar-refractivity contribution >= 4 is 11.6 Å². The van der Waals surface area contributed by atoms with Crippen molar-refractivity contribution in [3.8, 4) is 0 Å². The molecule has 2 N–H and O–H groups in total. The van der Waals surface area contributed by atoms with Gasteiger partial charge in [0.1, 0.15) is 0 Å². The van der Waals surface area contributed by atoms with E-state index in [9.17, 15) is 4.79 Å². The summed E-state index contributed by atoms with van der Waals surface area (Å²) >= 11 is 0. The fourth-order valence-electron chi connectivity index (χ4n) is 2.78. The Morgan fingerprint density at radius 2 is 1.82 bits per heavy atom. The number of carbonyl (C=O) groups is 1. The van der Waals surface area contributed by atoms with Gasteiger partial charge in [0, 0.05) is 24.3 Å². The molecule has 2 aromatic rings. The third kappa shape index (κ3) is 3.28. The van der Waals surface area contributed by atoms with E-state index in [0.29, 0.717) is 18.8 Å². The second kappa shape index (κ2) is 6.62. The Bertz CT molecular complexity index is 649. The number of nitrogens with zero attached hydrogens (tertiary/aromatic N) is 1. The summed E-state index contributed by atoms with van der Waals surface area (Å²) in [7, 11) is 0. The van der Waals surface area contributed by atoms with Gasteiger partial charge in [-0.2, -0.15) is 0 Å². The maximum absolute atomic E-state index is 11.5. The first-order chi connectivity index (χ1) is 10.7. The Morgan fingerprint density at radius 3 is 2.50 bits per heavy atom. The van der Waals surface area contributed by atoms with Crippen molar-refractivity contribution in [3.63, 3.8) is 0 Å². The molecule has 1 aliphatic heterocycles. The van der Waals surface area contributed by atoms with Crippen molar-refractivity contribution in [1.29, 1.82) is 0 Å². The molecule has 114 valence electrons. The van der Waals surface area contributed by atoms with Crippen LogP contribution in [0.1, 0.15) is 21.5 Å². The molecular weight excluding hydrogens is 276 g/mol. The van der Waals surface area contributed by atoms with E-state index in [4.69, 9.17) is 10.5 Å². The standard InChI is InChI=1S/C18H20N2O2/c19-18(21)16-7-6-15(12-14-4-2-1-3-5-14)17(13-16)20-8-10-22-11-9-20/h1-7,13H,8-12H2,(H2,19,21). The lowest BCUT2D eigenvalue weighted by atomic mass is 10.00. The summed E-state index contributed by atoms with van der Waals surface area (Å²) in [5.74, 6) is -0.388. The van der Waals surface area contributed by atoms with E-state index in [1.807, 2.05) is 36.4 Å². The molecule has 1 saturated heterocycles. The van der Waals surface area contributed by atoms with Crippen molar-refractivity contribution in [1.82, 2.24) is 0 Å². The van der Waals surface area contributed by atoms with Crippen LogP contribution in [0, 0.1) is 0 Å². The Labute approximate surface area is 130 Å². The predicted molar refractivity (Wildman–Crippen MR) is 87.2 cm³/mol. The van der Waals surface area contributed by atoms with E-state index in [1.54, 1.807) is 0 Å². The number of hydrogen-bond acceptors (Lipinski definition) is 3. The van der Waals surface area contributed by atoms with Gasteiger partial charge in [0.15, 0.2) is 0 Å². The molecule has 1 heterocycles. The van der Waals surface area contributed by atoms with Crippen molar-refractivity contribution < 1.29 is 9.53 Å². The molecule has 4 nitrogen and oxygen atoms in total. The average molecular weight is 296 g/mol. The lowest BCUT2D eigenvalue weighted by Gasteiger charge is -2.31. The number of benzene rings is 2. The summed E-state index contributed by atoms with van der Waals surface area (Å²) in [5.41, 5.74) is 9.53. The number of anilines is 1. The molecule has 22 heavy (non-hydrogen) atoms. The third-order valence-corrected chi connectivity index (χ3v) is 3.96. The molecule has 0 saturated carbocycles. The molecule has 1 fully saturated rings. The van der Waals surface area contributed by atoms with Gasteiger partial charge in [0.25, 0.3) is 0 Å². The van der Waals surface area contributed by atoms with Gasteiger partial charge in [-0.3, -0.25) is 4.79 Å². The van der Waals surface area contributed by atoms with Crippen LogP contribution in [0.4, 0.5) is 5.69 Å². The van der Waals surface area contributed by atoms with Crippen molar-refractivity contribution in [2.24, 2.45) is 5.73 Å². The Kier molecular flexibility index (Phi) is 4.39. The number of carbonyl (C=O) groups excluding carboxylic acids is 1. The lowest BCUT2D eigenvalue weighted by molar-refractivity contribution is 0.100. The number of morpholine rings is 1. The molecule has 1 aliphatic rings. The molecule has 0 radical (unpaired) electrons. The Morgan fingerprint density at radius 1 is 1.09 bits per heavy atom. The maximum Gasteiger partial charge on any atom is 0.248 e. The summed E-state index contributed by atoms with van der Waals surface area (Å²) in [5, 5.41) is 0. The minimum absolute atomic E-state index is 0.388. The topological polar surface area (TPSA) is 55.6 Å². The van der Waals surface area contributed by atoms with Crippen molar-refractivity contribution in [2.75, 3.05) is 31.2 Å². The summed E-state index contributed by atoms with van der Waals surface area (Å²) < 4.78 is 5.42. The fourth-order valence-corrected chi connectivity index (χ4v) is 2.78. The lowest BCUT2D eigenvalue weighted by Crippen LogP contribution is -2.37. The molecule has 0 bridgehead atoms. The van der Waals surface area contributed by atoms with Gasteiger partial charge >= 0.3 is 0 Å². The minimum Gasteiger partial charge on any atom is -0.378 e. The summed E-state index contributed by atoms with van der Waals surface area (Å²) in [6, 6.07) is 16.1. The highest BCUT2D eigenvalue weighted by molar-refractivity contribution is 5.94. The van der Waals surface area contributed by atoms with Gasteiger partial charge < -0.3 is 15.4 Å².